The molecule has 0 atom stereocenters. The molecule has 1 aromatic rings. The van der Waals surface area contributed by atoms with E-state index in [1.165, 1.54) is 12.1 Å². The molecule has 1 aromatic carbocycles. The molecule has 0 amide bonds. The van der Waals surface area contributed by atoms with Crippen molar-refractivity contribution >= 4 is 11.7 Å². The number of rotatable bonds is 7. The number of ether oxygens (including phenoxy) is 1. The molecule has 0 fully saturated rings. The first-order valence-electron chi connectivity index (χ1n) is 5.98. The van der Waals surface area contributed by atoms with Crippen LogP contribution in [0, 0.1) is 5.82 Å². The number of nitrogen functional groups attached to an aromatic ring is 1. The Balaban J connectivity index is 2.34. The minimum Gasteiger partial charge on any atom is -0.462 e. The van der Waals surface area contributed by atoms with Gasteiger partial charge >= 0.3 is 5.97 Å². The van der Waals surface area contributed by atoms with E-state index in [4.69, 9.17) is 15.6 Å². The van der Waals surface area contributed by atoms with E-state index >= 15 is 0 Å². The van der Waals surface area contributed by atoms with E-state index < -0.39 is 11.8 Å². The zero-order valence-electron chi connectivity index (χ0n) is 10.2. The summed E-state index contributed by atoms with van der Waals surface area (Å²) >= 11 is 0. The predicted octanol–water partition coefficient (Wildman–Crippen LogP) is 2.12. The second-order valence-electron chi connectivity index (χ2n) is 4.01. The summed E-state index contributed by atoms with van der Waals surface area (Å²) in [6, 6.07) is 3.80. The van der Waals surface area contributed by atoms with Crippen LogP contribution < -0.4 is 5.73 Å². The van der Waals surface area contributed by atoms with Crippen molar-refractivity contribution in [1.29, 1.82) is 0 Å². The molecule has 0 aromatic heterocycles. The van der Waals surface area contributed by atoms with Gasteiger partial charge in [0.2, 0.25) is 0 Å². The van der Waals surface area contributed by atoms with E-state index in [9.17, 15) is 9.18 Å². The third-order valence-electron chi connectivity index (χ3n) is 2.50. The minimum absolute atomic E-state index is 0.134. The van der Waals surface area contributed by atoms with Gasteiger partial charge in [-0.05, 0) is 37.5 Å². The quantitative estimate of drug-likeness (QED) is 0.444. The predicted molar refractivity (Wildman–Crippen MR) is 66.6 cm³/mol. The topological polar surface area (TPSA) is 72.6 Å². The Bertz CT molecular complexity index is 396. The first-order chi connectivity index (χ1) is 8.65. The van der Waals surface area contributed by atoms with Crippen molar-refractivity contribution in [3.8, 4) is 0 Å². The van der Waals surface area contributed by atoms with Crippen LogP contribution in [0.3, 0.4) is 0 Å². The van der Waals surface area contributed by atoms with Gasteiger partial charge < -0.3 is 15.6 Å². The van der Waals surface area contributed by atoms with Crippen LogP contribution in [0.25, 0.3) is 0 Å². The second-order valence-corrected chi connectivity index (χ2v) is 4.01. The van der Waals surface area contributed by atoms with Crippen molar-refractivity contribution < 1.29 is 19.0 Å². The summed E-state index contributed by atoms with van der Waals surface area (Å²) in [5.41, 5.74) is 5.67. The Morgan fingerprint density at radius 3 is 2.72 bits per heavy atom. The summed E-state index contributed by atoms with van der Waals surface area (Å²) in [6.07, 6.45) is 3.21. The Labute approximate surface area is 106 Å². The molecular formula is C13H18FNO3. The van der Waals surface area contributed by atoms with E-state index in [-0.39, 0.29) is 18.8 Å². The molecule has 1 rings (SSSR count). The average molecular weight is 255 g/mol. The van der Waals surface area contributed by atoms with Crippen molar-refractivity contribution in [3.05, 3.63) is 29.6 Å². The number of esters is 1. The maximum absolute atomic E-state index is 13.3. The molecule has 0 aliphatic heterocycles. The summed E-state index contributed by atoms with van der Waals surface area (Å²) < 4.78 is 18.3. The molecule has 0 saturated heterocycles. The van der Waals surface area contributed by atoms with Crippen molar-refractivity contribution in [2.45, 2.75) is 25.7 Å². The second kappa shape index (κ2) is 7.66. The third-order valence-corrected chi connectivity index (χ3v) is 2.50. The molecule has 3 N–H and O–H groups in total. The maximum atomic E-state index is 13.3. The lowest BCUT2D eigenvalue weighted by atomic mass is 10.2. The fourth-order valence-corrected chi connectivity index (χ4v) is 1.51. The zero-order valence-corrected chi connectivity index (χ0v) is 10.2. The smallest absolute Gasteiger partial charge is 0.341 e. The molecule has 0 heterocycles. The highest BCUT2D eigenvalue weighted by Crippen LogP contribution is 2.13. The Hall–Kier alpha value is -1.62. The molecule has 4 nitrogen and oxygen atoms in total. The number of aliphatic hydroxyl groups excluding tert-OH is 1. The molecule has 0 unspecified atom stereocenters. The van der Waals surface area contributed by atoms with Gasteiger partial charge in [0.1, 0.15) is 5.82 Å². The lowest BCUT2D eigenvalue weighted by Crippen LogP contribution is -2.09. The van der Waals surface area contributed by atoms with E-state index in [0.29, 0.717) is 12.1 Å². The SMILES string of the molecule is Nc1ccc(F)c(C(=O)OCCCCCCO)c1. The Morgan fingerprint density at radius 2 is 2.00 bits per heavy atom. The first-order valence-corrected chi connectivity index (χ1v) is 5.98. The Morgan fingerprint density at radius 1 is 1.28 bits per heavy atom. The van der Waals surface area contributed by atoms with Crippen molar-refractivity contribution in [2.75, 3.05) is 18.9 Å². The summed E-state index contributed by atoms with van der Waals surface area (Å²) in [6.45, 7) is 0.423. The van der Waals surface area contributed by atoms with Crippen LogP contribution in [0.5, 0.6) is 0 Å². The van der Waals surface area contributed by atoms with Gasteiger partial charge in [-0.1, -0.05) is 6.42 Å². The minimum atomic E-state index is -0.693. The monoisotopic (exact) mass is 255 g/mol. The summed E-state index contributed by atoms with van der Waals surface area (Å²) in [4.78, 5) is 11.5. The highest BCUT2D eigenvalue weighted by Gasteiger charge is 2.13. The largest absolute Gasteiger partial charge is 0.462 e. The molecule has 5 heteroatoms. The number of hydrogen-bond donors (Lipinski definition) is 2. The molecule has 0 aliphatic rings. The standard InChI is InChI=1S/C13H18FNO3/c14-12-6-5-10(15)9-11(12)13(17)18-8-4-2-1-3-7-16/h5-6,9,16H,1-4,7-8,15H2. The van der Waals surface area contributed by atoms with Gasteiger partial charge in [0.05, 0.1) is 12.2 Å². The van der Waals surface area contributed by atoms with E-state index in [2.05, 4.69) is 0 Å². The molecule has 0 saturated carbocycles. The van der Waals surface area contributed by atoms with Gasteiger partial charge in [0.25, 0.3) is 0 Å². The van der Waals surface area contributed by atoms with E-state index in [1.54, 1.807) is 0 Å². The zero-order chi connectivity index (χ0) is 13.4. The van der Waals surface area contributed by atoms with Gasteiger partial charge in [-0.15, -0.1) is 0 Å². The highest BCUT2D eigenvalue weighted by atomic mass is 19.1. The highest BCUT2D eigenvalue weighted by molar-refractivity contribution is 5.90. The summed E-state index contributed by atoms with van der Waals surface area (Å²) in [5, 5.41) is 8.58. The summed E-state index contributed by atoms with van der Waals surface area (Å²) in [7, 11) is 0. The third kappa shape index (κ3) is 4.71. The van der Waals surface area contributed by atoms with Gasteiger partial charge in [-0.3, -0.25) is 0 Å². The lowest BCUT2D eigenvalue weighted by molar-refractivity contribution is 0.0492. The van der Waals surface area contributed by atoms with Crippen LogP contribution in [0.15, 0.2) is 18.2 Å². The van der Waals surface area contributed by atoms with Crippen molar-refractivity contribution in [3.63, 3.8) is 0 Å². The van der Waals surface area contributed by atoms with Gasteiger partial charge in [-0.2, -0.15) is 0 Å². The summed E-state index contributed by atoms with van der Waals surface area (Å²) in [5.74, 6) is -1.32. The lowest BCUT2D eigenvalue weighted by Gasteiger charge is -2.06. The average Bonchev–Trinajstić information content (AvgIpc) is 2.36. The van der Waals surface area contributed by atoms with Crippen LogP contribution in [-0.4, -0.2) is 24.3 Å². The normalized spacial score (nSPS) is 10.3. The number of unbranched alkanes of at least 4 members (excludes halogenated alkanes) is 3. The van der Waals surface area contributed by atoms with Crippen molar-refractivity contribution in [2.24, 2.45) is 0 Å². The fraction of sp³-hybridized carbons (Fsp3) is 0.462. The number of nitrogens with two attached hydrogens (primary N) is 1. The number of halogens is 1. The van der Waals surface area contributed by atoms with Crippen LogP contribution in [0.1, 0.15) is 36.0 Å². The molecule has 18 heavy (non-hydrogen) atoms. The van der Waals surface area contributed by atoms with Gasteiger partial charge in [-0.25, -0.2) is 9.18 Å². The van der Waals surface area contributed by atoms with Gasteiger partial charge in [0, 0.05) is 12.3 Å². The first kappa shape index (κ1) is 14.4. The molecule has 0 radical (unpaired) electrons. The van der Waals surface area contributed by atoms with Crippen LogP contribution in [-0.2, 0) is 4.74 Å². The number of benzene rings is 1. The molecule has 0 bridgehead atoms. The molecule has 0 aliphatic carbocycles. The maximum Gasteiger partial charge on any atom is 0.341 e. The molecule has 100 valence electrons. The molecular weight excluding hydrogens is 237 g/mol. The van der Waals surface area contributed by atoms with Crippen LogP contribution in [0.4, 0.5) is 10.1 Å². The fourth-order valence-electron chi connectivity index (χ4n) is 1.51. The van der Waals surface area contributed by atoms with Crippen LogP contribution in [0.2, 0.25) is 0 Å². The number of carbonyl (C=O) groups excluding carboxylic acids is 1. The van der Waals surface area contributed by atoms with E-state index in [0.717, 1.165) is 25.3 Å². The van der Waals surface area contributed by atoms with E-state index in [1.807, 2.05) is 0 Å². The van der Waals surface area contributed by atoms with Gasteiger partial charge in [0.15, 0.2) is 0 Å². The van der Waals surface area contributed by atoms with Crippen LogP contribution >= 0.6 is 0 Å². The number of carbonyl (C=O) groups is 1. The van der Waals surface area contributed by atoms with Crippen molar-refractivity contribution in [1.82, 2.24) is 0 Å². The Kier molecular flexibility index (Phi) is 6.14. The number of hydrogen-bond acceptors (Lipinski definition) is 4. The number of anilines is 1. The molecule has 0 spiro atoms. The number of aliphatic hydroxyl groups is 1.